The first-order chi connectivity index (χ1) is 8.25. The Morgan fingerprint density at radius 1 is 1.12 bits per heavy atom. The van der Waals surface area contributed by atoms with E-state index in [0.29, 0.717) is 0 Å². The van der Waals surface area contributed by atoms with E-state index < -0.39 is 0 Å². The van der Waals surface area contributed by atoms with E-state index >= 15 is 0 Å². The van der Waals surface area contributed by atoms with E-state index in [9.17, 15) is 0 Å². The fourth-order valence-corrected chi connectivity index (χ4v) is 3.71. The van der Waals surface area contributed by atoms with Crippen LogP contribution < -0.4 is 5.32 Å². The number of hydrogen-bond acceptors (Lipinski definition) is 2. The van der Waals surface area contributed by atoms with Gasteiger partial charge in [-0.3, -0.25) is 4.90 Å². The summed E-state index contributed by atoms with van der Waals surface area (Å²) in [4.78, 5) is 2.77. The fourth-order valence-electron chi connectivity index (χ4n) is 3.71. The van der Waals surface area contributed by atoms with Crippen molar-refractivity contribution >= 4 is 0 Å². The SMILES string of the molecule is CC(C)CC1CCCC(N2CCCNCC2)C1. The Labute approximate surface area is 107 Å². The molecule has 0 aromatic heterocycles. The average Bonchev–Trinajstić information content (AvgIpc) is 2.57. The molecule has 2 heteroatoms. The van der Waals surface area contributed by atoms with Crippen molar-refractivity contribution in [3.63, 3.8) is 0 Å². The predicted molar refractivity (Wildman–Crippen MR) is 74.3 cm³/mol. The van der Waals surface area contributed by atoms with Crippen molar-refractivity contribution in [2.45, 2.75) is 58.4 Å². The van der Waals surface area contributed by atoms with Crippen LogP contribution in [0.2, 0.25) is 0 Å². The van der Waals surface area contributed by atoms with Crippen molar-refractivity contribution in [2.75, 3.05) is 26.2 Å². The monoisotopic (exact) mass is 238 g/mol. The minimum Gasteiger partial charge on any atom is -0.315 e. The first-order valence-electron chi connectivity index (χ1n) is 7.70. The molecule has 2 aliphatic rings. The smallest absolute Gasteiger partial charge is 0.0110 e. The van der Waals surface area contributed by atoms with Crippen molar-refractivity contribution in [3.8, 4) is 0 Å². The topological polar surface area (TPSA) is 15.3 Å². The van der Waals surface area contributed by atoms with Gasteiger partial charge in [0.15, 0.2) is 0 Å². The fraction of sp³-hybridized carbons (Fsp3) is 1.00. The van der Waals surface area contributed by atoms with Gasteiger partial charge in [0, 0.05) is 19.1 Å². The number of hydrogen-bond donors (Lipinski definition) is 1. The van der Waals surface area contributed by atoms with Crippen LogP contribution in [0.5, 0.6) is 0 Å². The van der Waals surface area contributed by atoms with E-state index in [1.165, 1.54) is 64.7 Å². The average molecular weight is 238 g/mol. The molecule has 1 N–H and O–H groups in total. The van der Waals surface area contributed by atoms with Gasteiger partial charge in [0.05, 0.1) is 0 Å². The first kappa shape index (κ1) is 13.4. The van der Waals surface area contributed by atoms with Crippen LogP contribution in [-0.4, -0.2) is 37.1 Å². The zero-order valence-corrected chi connectivity index (χ0v) is 11.8. The molecular formula is C15H30N2. The van der Waals surface area contributed by atoms with Crippen LogP contribution in [0.3, 0.4) is 0 Å². The summed E-state index contributed by atoms with van der Waals surface area (Å²) in [6.07, 6.45) is 8.66. The highest BCUT2D eigenvalue weighted by molar-refractivity contribution is 4.82. The summed E-state index contributed by atoms with van der Waals surface area (Å²) in [5.41, 5.74) is 0. The molecule has 0 aromatic rings. The Hall–Kier alpha value is -0.0800. The minimum atomic E-state index is 0.879. The van der Waals surface area contributed by atoms with Crippen LogP contribution in [0.15, 0.2) is 0 Å². The third kappa shape index (κ3) is 4.26. The van der Waals surface area contributed by atoms with Crippen molar-refractivity contribution in [2.24, 2.45) is 11.8 Å². The Balaban J connectivity index is 1.82. The highest BCUT2D eigenvalue weighted by atomic mass is 15.2. The lowest BCUT2D eigenvalue weighted by molar-refractivity contribution is 0.129. The lowest BCUT2D eigenvalue weighted by atomic mass is 9.80. The molecule has 1 saturated heterocycles. The molecule has 1 saturated carbocycles. The molecule has 100 valence electrons. The van der Waals surface area contributed by atoms with Gasteiger partial charge < -0.3 is 5.32 Å². The molecule has 1 aliphatic carbocycles. The van der Waals surface area contributed by atoms with Crippen LogP contribution in [0, 0.1) is 11.8 Å². The molecule has 2 fully saturated rings. The summed E-state index contributed by atoms with van der Waals surface area (Å²) in [6.45, 7) is 9.77. The molecule has 1 heterocycles. The van der Waals surface area contributed by atoms with Crippen LogP contribution in [0.4, 0.5) is 0 Å². The standard InChI is InChI=1S/C15H30N2/c1-13(2)11-14-5-3-6-15(12-14)17-9-4-7-16-8-10-17/h13-16H,3-12H2,1-2H3. The highest BCUT2D eigenvalue weighted by Crippen LogP contribution is 2.32. The van der Waals surface area contributed by atoms with Gasteiger partial charge in [0.1, 0.15) is 0 Å². The molecular weight excluding hydrogens is 208 g/mol. The van der Waals surface area contributed by atoms with E-state index in [4.69, 9.17) is 0 Å². The Kier molecular flexibility index (Phi) is 5.30. The van der Waals surface area contributed by atoms with Crippen LogP contribution in [0.1, 0.15) is 52.4 Å². The third-order valence-electron chi connectivity index (χ3n) is 4.45. The predicted octanol–water partition coefficient (Wildman–Crippen LogP) is 2.89. The normalized spacial score (nSPS) is 32.6. The summed E-state index contributed by atoms with van der Waals surface area (Å²) >= 11 is 0. The Morgan fingerprint density at radius 2 is 2.00 bits per heavy atom. The summed E-state index contributed by atoms with van der Waals surface area (Å²) < 4.78 is 0. The molecule has 0 aromatic carbocycles. The van der Waals surface area contributed by atoms with Crippen LogP contribution in [-0.2, 0) is 0 Å². The van der Waals surface area contributed by atoms with Crippen molar-refractivity contribution < 1.29 is 0 Å². The second-order valence-electron chi connectivity index (χ2n) is 6.46. The van der Waals surface area contributed by atoms with Gasteiger partial charge >= 0.3 is 0 Å². The quantitative estimate of drug-likeness (QED) is 0.813. The molecule has 0 bridgehead atoms. The van der Waals surface area contributed by atoms with Crippen molar-refractivity contribution in [1.29, 1.82) is 0 Å². The second-order valence-corrected chi connectivity index (χ2v) is 6.46. The summed E-state index contributed by atoms with van der Waals surface area (Å²) in [7, 11) is 0. The van der Waals surface area contributed by atoms with E-state index in [-0.39, 0.29) is 0 Å². The summed E-state index contributed by atoms with van der Waals surface area (Å²) in [5, 5.41) is 3.52. The molecule has 1 aliphatic heterocycles. The van der Waals surface area contributed by atoms with E-state index in [1.54, 1.807) is 0 Å². The van der Waals surface area contributed by atoms with Gasteiger partial charge in [-0.2, -0.15) is 0 Å². The maximum absolute atomic E-state index is 3.52. The molecule has 2 nitrogen and oxygen atoms in total. The summed E-state index contributed by atoms with van der Waals surface area (Å²) in [6, 6.07) is 0.896. The maximum atomic E-state index is 3.52. The van der Waals surface area contributed by atoms with E-state index in [1.807, 2.05) is 0 Å². The van der Waals surface area contributed by atoms with Crippen molar-refractivity contribution in [1.82, 2.24) is 10.2 Å². The highest BCUT2D eigenvalue weighted by Gasteiger charge is 2.27. The zero-order valence-electron chi connectivity index (χ0n) is 11.8. The van der Waals surface area contributed by atoms with Gasteiger partial charge in [-0.1, -0.05) is 26.7 Å². The lowest BCUT2D eigenvalue weighted by Gasteiger charge is -2.37. The molecule has 17 heavy (non-hydrogen) atoms. The molecule has 0 radical (unpaired) electrons. The number of nitrogens with one attached hydrogen (secondary N) is 1. The molecule has 0 spiro atoms. The maximum Gasteiger partial charge on any atom is 0.0110 e. The van der Waals surface area contributed by atoms with Gasteiger partial charge in [0.2, 0.25) is 0 Å². The zero-order chi connectivity index (χ0) is 12.1. The van der Waals surface area contributed by atoms with Crippen LogP contribution in [0.25, 0.3) is 0 Å². The second kappa shape index (κ2) is 6.75. The number of nitrogens with zero attached hydrogens (tertiary/aromatic N) is 1. The Morgan fingerprint density at radius 3 is 2.82 bits per heavy atom. The first-order valence-corrected chi connectivity index (χ1v) is 7.70. The molecule has 2 rings (SSSR count). The van der Waals surface area contributed by atoms with E-state index in [0.717, 1.165) is 17.9 Å². The molecule has 2 unspecified atom stereocenters. The van der Waals surface area contributed by atoms with Gasteiger partial charge in [0.25, 0.3) is 0 Å². The van der Waals surface area contributed by atoms with Gasteiger partial charge in [-0.15, -0.1) is 0 Å². The minimum absolute atomic E-state index is 0.879. The van der Waals surface area contributed by atoms with Gasteiger partial charge in [-0.05, 0) is 50.6 Å². The number of rotatable bonds is 3. The molecule has 2 atom stereocenters. The summed E-state index contributed by atoms with van der Waals surface area (Å²) in [5.74, 6) is 1.88. The molecule has 0 amide bonds. The van der Waals surface area contributed by atoms with Gasteiger partial charge in [-0.25, -0.2) is 0 Å². The van der Waals surface area contributed by atoms with E-state index in [2.05, 4.69) is 24.1 Å². The third-order valence-corrected chi connectivity index (χ3v) is 4.45. The lowest BCUT2D eigenvalue weighted by Crippen LogP contribution is -2.41. The van der Waals surface area contributed by atoms with Crippen LogP contribution >= 0.6 is 0 Å². The van der Waals surface area contributed by atoms with Crippen molar-refractivity contribution in [3.05, 3.63) is 0 Å². The Bertz CT molecular complexity index is 207. The largest absolute Gasteiger partial charge is 0.315 e.